The van der Waals surface area contributed by atoms with E-state index in [1.54, 1.807) is 13.8 Å². The largest absolute Gasteiger partial charge is 0.454 e. The van der Waals surface area contributed by atoms with Gasteiger partial charge in [0, 0.05) is 6.04 Å². The number of hydrogen-bond donors (Lipinski definition) is 2. The lowest BCUT2D eigenvalue weighted by Crippen LogP contribution is -2.46. The van der Waals surface area contributed by atoms with Crippen LogP contribution in [0.5, 0.6) is 0 Å². The maximum Gasteiger partial charge on any atom is 0.408 e. The summed E-state index contributed by atoms with van der Waals surface area (Å²) in [6, 6.07) is 8.53. The number of hydrogen-bond acceptors (Lipinski definition) is 5. The molecule has 0 aromatic heterocycles. The summed E-state index contributed by atoms with van der Waals surface area (Å²) in [6.07, 6.45) is 4.63. The molecule has 0 saturated heterocycles. The molecule has 1 aliphatic carbocycles. The molecule has 0 radical (unpaired) electrons. The van der Waals surface area contributed by atoms with Crippen molar-refractivity contribution in [3.05, 3.63) is 35.9 Å². The molecule has 154 valence electrons. The Bertz CT molecular complexity index is 641. The summed E-state index contributed by atoms with van der Waals surface area (Å²) in [5, 5.41) is 5.42. The van der Waals surface area contributed by atoms with E-state index in [0.29, 0.717) is 0 Å². The van der Waals surface area contributed by atoms with E-state index in [9.17, 15) is 14.4 Å². The Balaban J connectivity index is 1.75. The number of benzene rings is 1. The molecule has 2 N–H and O–H groups in total. The highest BCUT2D eigenvalue weighted by Gasteiger charge is 2.27. The lowest BCUT2D eigenvalue weighted by atomic mass is 9.95. The summed E-state index contributed by atoms with van der Waals surface area (Å²) in [4.78, 5) is 36.3. The van der Waals surface area contributed by atoms with Crippen molar-refractivity contribution in [1.82, 2.24) is 10.6 Å². The van der Waals surface area contributed by atoms with Gasteiger partial charge in [-0.1, -0.05) is 63.4 Å². The van der Waals surface area contributed by atoms with Gasteiger partial charge in [0.05, 0.1) is 0 Å². The Labute approximate surface area is 166 Å². The molecule has 1 atom stereocenters. The van der Waals surface area contributed by atoms with Gasteiger partial charge in [0.15, 0.2) is 6.61 Å². The van der Waals surface area contributed by atoms with Crippen LogP contribution in [0.4, 0.5) is 4.79 Å². The Kier molecular flexibility index (Phi) is 8.78. The van der Waals surface area contributed by atoms with Crippen molar-refractivity contribution >= 4 is 18.0 Å². The van der Waals surface area contributed by atoms with Crippen molar-refractivity contribution in [2.75, 3.05) is 6.61 Å². The third-order valence-corrected chi connectivity index (χ3v) is 4.72. The number of nitrogens with one attached hydrogen (secondary N) is 2. The smallest absolute Gasteiger partial charge is 0.408 e. The summed E-state index contributed by atoms with van der Waals surface area (Å²) in [6.45, 7) is 3.33. The lowest BCUT2D eigenvalue weighted by molar-refractivity contribution is -0.151. The highest BCUT2D eigenvalue weighted by molar-refractivity contribution is 5.85. The summed E-state index contributed by atoms with van der Waals surface area (Å²) in [5.41, 5.74) is 0.848. The molecule has 1 aromatic carbocycles. The number of carbonyl (C=O) groups excluding carboxylic acids is 3. The van der Waals surface area contributed by atoms with Crippen LogP contribution in [0.2, 0.25) is 0 Å². The third-order valence-electron chi connectivity index (χ3n) is 4.72. The first kappa shape index (κ1) is 21.7. The molecule has 0 heterocycles. The average Bonchev–Trinajstić information content (AvgIpc) is 2.70. The van der Waals surface area contributed by atoms with Crippen LogP contribution >= 0.6 is 0 Å². The minimum Gasteiger partial charge on any atom is -0.454 e. The third kappa shape index (κ3) is 7.58. The number of ether oxygens (including phenoxy) is 2. The van der Waals surface area contributed by atoms with Crippen molar-refractivity contribution in [2.45, 2.75) is 64.6 Å². The molecule has 7 nitrogen and oxygen atoms in total. The molecule has 1 aliphatic rings. The highest BCUT2D eigenvalue weighted by Crippen LogP contribution is 2.17. The second-order valence-electron chi connectivity index (χ2n) is 7.44. The van der Waals surface area contributed by atoms with Gasteiger partial charge in [-0.2, -0.15) is 0 Å². The van der Waals surface area contributed by atoms with Gasteiger partial charge < -0.3 is 20.1 Å². The zero-order valence-corrected chi connectivity index (χ0v) is 16.6. The summed E-state index contributed by atoms with van der Waals surface area (Å²) in [5.74, 6) is -1.17. The predicted molar refractivity (Wildman–Crippen MR) is 104 cm³/mol. The Morgan fingerprint density at radius 3 is 2.36 bits per heavy atom. The SMILES string of the molecule is CC(C)[C@@H](NC(=O)OCc1ccccc1)C(=O)OCC(=O)NC1CCCCC1. The molecular formula is C21H30N2O5. The van der Waals surface area contributed by atoms with E-state index in [2.05, 4.69) is 10.6 Å². The molecular weight excluding hydrogens is 360 g/mol. The van der Waals surface area contributed by atoms with E-state index in [4.69, 9.17) is 9.47 Å². The second kappa shape index (κ2) is 11.3. The molecule has 7 heteroatoms. The van der Waals surface area contributed by atoms with Crippen LogP contribution in [0.25, 0.3) is 0 Å². The number of alkyl carbamates (subject to hydrolysis) is 1. The second-order valence-corrected chi connectivity index (χ2v) is 7.44. The molecule has 2 amide bonds. The first-order valence-electron chi connectivity index (χ1n) is 9.89. The standard InChI is InChI=1S/C21H30N2O5/c1-15(2)19(23-21(26)28-13-16-9-5-3-6-10-16)20(25)27-14-18(24)22-17-11-7-4-8-12-17/h3,5-6,9-10,15,17,19H,4,7-8,11-14H2,1-2H3,(H,22,24)(H,23,26)/t19-/m1/s1. The summed E-state index contributed by atoms with van der Waals surface area (Å²) in [7, 11) is 0. The minimum absolute atomic E-state index is 0.107. The summed E-state index contributed by atoms with van der Waals surface area (Å²) < 4.78 is 10.3. The lowest BCUT2D eigenvalue weighted by Gasteiger charge is -2.23. The van der Waals surface area contributed by atoms with Crippen molar-refractivity contribution in [1.29, 1.82) is 0 Å². The molecule has 1 fully saturated rings. The molecule has 1 aromatic rings. The van der Waals surface area contributed by atoms with Gasteiger partial charge in [-0.3, -0.25) is 4.79 Å². The van der Waals surface area contributed by atoms with E-state index in [1.807, 2.05) is 30.3 Å². The fourth-order valence-corrected chi connectivity index (χ4v) is 3.13. The Morgan fingerprint density at radius 2 is 1.71 bits per heavy atom. The summed E-state index contributed by atoms with van der Waals surface area (Å²) >= 11 is 0. The van der Waals surface area contributed by atoms with Crippen molar-refractivity contribution in [2.24, 2.45) is 5.92 Å². The molecule has 0 unspecified atom stereocenters. The Morgan fingerprint density at radius 1 is 1.04 bits per heavy atom. The monoisotopic (exact) mass is 390 g/mol. The van der Waals surface area contributed by atoms with Crippen molar-refractivity contribution < 1.29 is 23.9 Å². The van der Waals surface area contributed by atoms with E-state index in [0.717, 1.165) is 31.2 Å². The molecule has 1 saturated carbocycles. The average molecular weight is 390 g/mol. The van der Waals surface area contributed by atoms with Gasteiger partial charge in [-0.05, 0) is 24.3 Å². The molecule has 2 rings (SSSR count). The minimum atomic E-state index is -0.884. The fraction of sp³-hybridized carbons (Fsp3) is 0.571. The fourth-order valence-electron chi connectivity index (χ4n) is 3.13. The van der Waals surface area contributed by atoms with E-state index >= 15 is 0 Å². The maximum atomic E-state index is 12.3. The van der Waals surface area contributed by atoms with Gasteiger partial charge in [-0.25, -0.2) is 9.59 Å². The van der Waals surface area contributed by atoms with Crippen LogP contribution in [-0.2, 0) is 25.7 Å². The Hall–Kier alpha value is -2.57. The van der Waals surface area contributed by atoms with Crippen LogP contribution in [0.3, 0.4) is 0 Å². The zero-order valence-electron chi connectivity index (χ0n) is 16.6. The van der Waals surface area contributed by atoms with Crippen LogP contribution in [0, 0.1) is 5.92 Å². The quantitative estimate of drug-likeness (QED) is 0.666. The molecule has 0 spiro atoms. The van der Waals surface area contributed by atoms with Crippen molar-refractivity contribution in [3.63, 3.8) is 0 Å². The number of amides is 2. The number of esters is 1. The van der Waals surface area contributed by atoms with Gasteiger partial charge in [-0.15, -0.1) is 0 Å². The normalized spacial score (nSPS) is 15.5. The van der Waals surface area contributed by atoms with Crippen LogP contribution in [0.15, 0.2) is 30.3 Å². The van der Waals surface area contributed by atoms with Crippen LogP contribution in [-0.4, -0.2) is 36.7 Å². The maximum absolute atomic E-state index is 12.3. The van der Waals surface area contributed by atoms with E-state index in [-0.39, 0.29) is 31.1 Å². The van der Waals surface area contributed by atoms with Crippen LogP contribution < -0.4 is 10.6 Å². The topological polar surface area (TPSA) is 93.7 Å². The van der Waals surface area contributed by atoms with Crippen molar-refractivity contribution in [3.8, 4) is 0 Å². The highest BCUT2D eigenvalue weighted by atomic mass is 16.6. The molecule has 0 aliphatic heterocycles. The first-order valence-corrected chi connectivity index (χ1v) is 9.89. The molecule has 0 bridgehead atoms. The van der Waals surface area contributed by atoms with Gasteiger partial charge in [0.25, 0.3) is 5.91 Å². The number of carbonyl (C=O) groups is 3. The zero-order chi connectivity index (χ0) is 20.4. The number of rotatable bonds is 8. The van der Waals surface area contributed by atoms with Gasteiger partial charge in [0.2, 0.25) is 0 Å². The van der Waals surface area contributed by atoms with Crippen LogP contribution in [0.1, 0.15) is 51.5 Å². The van der Waals surface area contributed by atoms with E-state index < -0.39 is 18.1 Å². The van der Waals surface area contributed by atoms with Gasteiger partial charge >= 0.3 is 12.1 Å². The molecule has 28 heavy (non-hydrogen) atoms. The first-order chi connectivity index (χ1) is 13.5. The van der Waals surface area contributed by atoms with Gasteiger partial charge in [0.1, 0.15) is 12.6 Å². The predicted octanol–water partition coefficient (Wildman–Crippen LogP) is 2.93. The van der Waals surface area contributed by atoms with E-state index in [1.165, 1.54) is 6.42 Å².